The minimum atomic E-state index is 0. The van der Waals surface area contributed by atoms with Gasteiger partial charge in [0.25, 0.3) is 0 Å². The van der Waals surface area contributed by atoms with Crippen molar-refractivity contribution in [3.05, 3.63) is 0 Å². The fourth-order valence-electron chi connectivity index (χ4n) is 0. The number of hydrogen-bond donors (Lipinski definition) is 0. The van der Waals surface area contributed by atoms with Gasteiger partial charge in [0.2, 0.25) is 0 Å². The molecule has 0 amide bonds. The molecular formula is C10H25FeO5Ru. The van der Waals surface area contributed by atoms with E-state index in [1.165, 1.54) is 0 Å². The molecule has 17 heavy (non-hydrogen) atoms. The molecular weight excluding hydrogens is 357 g/mol. The molecule has 1 radical (unpaired) electrons. The van der Waals surface area contributed by atoms with Crippen molar-refractivity contribution in [2.45, 2.75) is 34.6 Å². The van der Waals surface area contributed by atoms with Crippen LogP contribution in [0.4, 0.5) is 0 Å². The Bertz CT molecular complexity index is 36.3. The molecule has 0 aliphatic heterocycles. The molecule has 7 heteroatoms. The standard InChI is InChI=1S/5C2H5O.Fe.Ru/c5*1-2-3;;/h5*2H2,1H3;;/q5*-1;+2;+3. The molecule has 0 spiro atoms. The van der Waals surface area contributed by atoms with Gasteiger partial charge in [0.15, 0.2) is 0 Å². The van der Waals surface area contributed by atoms with Crippen LogP contribution in [0.3, 0.4) is 0 Å². The average Bonchev–Trinajstić information content (AvgIpc) is 2.09. The van der Waals surface area contributed by atoms with Crippen molar-refractivity contribution in [2.24, 2.45) is 0 Å². The van der Waals surface area contributed by atoms with Crippen molar-refractivity contribution in [1.82, 2.24) is 0 Å². The molecule has 0 saturated heterocycles. The van der Waals surface area contributed by atoms with Crippen LogP contribution in [-0.2, 0) is 36.5 Å². The topological polar surface area (TPSA) is 115 Å². The zero-order valence-electron chi connectivity index (χ0n) is 11.3. The van der Waals surface area contributed by atoms with E-state index in [1.54, 1.807) is 34.6 Å². The Morgan fingerprint density at radius 1 is 0.471 bits per heavy atom. The summed E-state index contributed by atoms with van der Waals surface area (Å²) in [5, 5.41) is 44.7. The molecule has 0 atom stereocenters. The Morgan fingerprint density at radius 3 is 0.471 bits per heavy atom. The van der Waals surface area contributed by atoms with Crippen LogP contribution in [0, 0.1) is 0 Å². The van der Waals surface area contributed by atoms with Crippen LogP contribution < -0.4 is 25.5 Å². The second-order valence-corrected chi connectivity index (χ2v) is 1.44. The molecule has 0 rings (SSSR count). The van der Waals surface area contributed by atoms with Crippen molar-refractivity contribution >= 4 is 0 Å². The van der Waals surface area contributed by atoms with Crippen molar-refractivity contribution in [3.8, 4) is 0 Å². The summed E-state index contributed by atoms with van der Waals surface area (Å²) in [6.45, 7) is 7.85. The third kappa shape index (κ3) is 4260. The summed E-state index contributed by atoms with van der Waals surface area (Å²) in [4.78, 5) is 0. The number of rotatable bonds is 0. The van der Waals surface area contributed by atoms with E-state index < -0.39 is 0 Å². The van der Waals surface area contributed by atoms with E-state index in [9.17, 15) is 0 Å². The summed E-state index contributed by atoms with van der Waals surface area (Å²) < 4.78 is 0. The Labute approximate surface area is 129 Å². The fraction of sp³-hybridized carbons (Fsp3) is 1.00. The first-order valence-corrected chi connectivity index (χ1v) is 4.98. The zero-order chi connectivity index (χ0) is 13.5. The van der Waals surface area contributed by atoms with E-state index in [2.05, 4.69) is 0 Å². The summed E-state index contributed by atoms with van der Waals surface area (Å²) in [5.74, 6) is 0. The van der Waals surface area contributed by atoms with Crippen LogP contribution in [0.2, 0.25) is 0 Å². The van der Waals surface area contributed by atoms with Gasteiger partial charge < -0.3 is 25.5 Å². The first-order chi connectivity index (χ1) is 7.07. The van der Waals surface area contributed by atoms with Crippen LogP contribution in [0.25, 0.3) is 0 Å². The van der Waals surface area contributed by atoms with E-state index >= 15 is 0 Å². The van der Waals surface area contributed by atoms with Gasteiger partial charge in [-0.25, -0.2) is 0 Å². The quantitative estimate of drug-likeness (QED) is 0.410. The Balaban J connectivity index is -0.0000000143. The molecule has 111 valence electrons. The fourth-order valence-corrected chi connectivity index (χ4v) is 0. The first kappa shape index (κ1) is 43.0. The summed E-state index contributed by atoms with van der Waals surface area (Å²) in [5.41, 5.74) is 0. The van der Waals surface area contributed by atoms with Gasteiger partial charge in [-0.15, -0.1) is 33.0 Å². The van der Waals surface area contributed by atoms with Gasteiger partial charge in [0.1, 0.15) is 0 Å². The first-order valence-electron chi connectivity index (χ1n) is 4.98. The third-order valence-corrected chi connectivity index (χ3v) is 0. The molecule has 5 nitrogen and oxygen atoms in total. The van der Waals surface area contributed by atoms with Crippen LogP contribution in [0.1, 0.15) is 34.6 Å². The maximum absolute atomic E-state index is 8.93. The van der Waals surface area contributed by atoms with Crippen molar-refractivity contribution < 1.29 is 62.1 Å². The minimum absolute atomic E-state index is 0. The van der Waals surface area contributed by atoms with Crippen LogP contribution in [0.5, 0.6) is 0 Å². The summed E-state index contributed by atoms with van der Waals surface area (Å²) in [7, 11) is 0. The average molecular weight is 382 g/mol. The molecule has 0 aromatic heterocycles. The van der Waals surface area contributed by atoms with Gasteiger partial charge in [-0.3, -0.25) is 0 Å². The maximum Gasteiger partial charge on any atom is 3.00 e. The normalized spacial score (nSPS) is 5.29. The van der Waals surface area contributed by atoms with E-state index in [-0.39, 0.29) is 69.6 Å². The predicted molar refractivity (Wildman–Crippen MR) is 52.7 cm³/mol. The SMILES string of the molecule is CC[O-].CC[O-].CC[O-].CC[O-].CC[O-].[Fe+2].[Ru+3]. The molecule has 0 aliphatic rings. The van der Waals surface area contributed by atoms with Crippen LogP contribution in [0.15, 0.2) is 0 Å². The molecule has 0 fully saturated rings. The second kappa shape index (κ2) is 122. The summed E-state index contributed by atoms with van der Waals surface area (Å²) in [6, 6.07) is 0. The summed E-state index contributed by atoms with van der Waals surface area (Å²) >= 11 is 0. The molecule has 0 N–H and O–H groups in total. The van der Waals surface area contributed by atoms with E-state index in [4.69, 9.17) is 25.5 Å². The monoisotopic (exact) mass is 383 g/mol. The van der Waals surface area contributed by atoms with E-state index in [0.29, 0.717) is 0 Å². The molecule has 0 bridgehead atoms. The van der Waals surface area contributed by atoms with Crippen molar-refractivity contribution in [2.75, 3.05) is 33.0 Å². The van der Waals surface area contributed by atoms with Gasteiger partial charge in [-0.2, -0.15) is 0 Å². The predicted octanol–water partition coefficient (Wildman–Crippen LogP) is -3.17. The van der Waals surface area contributed by atoms with Crippen LogP contribution >= 0.6 is 0 Å². The molecule has 0 aliphatic carbocycles. The van der Waals surface area contributed by atoms with Crippen molar-refractivity contribution in [1.29, 1.82) is 0 Å². The van der Waals surface area contributed by atoms with Gasteiger partial charge in [0.05, 0.1) is 0 Å². The number of hydrogen-bond acceptors (Lipinski definition) is 5. The van der Waals surface area contributed by atoms with E-state index in [0.717, 1.165) is 0 Å². The molecule has 0 unspecified atom stereocenters. The Kier molecular flexibility index (Phi) is 309. The van der Waals surface area contributed by atoms with Crippen molar-refractivity contribution in [3.63, 3.8) is 0 Å². The Morgan fingerprint density at radius 2 is 0.471 bits per heavy atom. The molecule has 0 saturated carbocycles. The van der Waals surface area contributed by atoms with Gasteiger partial charge in [-0.1, -0.05) is 34.6 Å². The smallest absolute Gasteiger partial charge is 0.855 e. The molecule has 0 aromatic carbocycles. The van der Waals surface area contributed by atoms with Gasteiger partial charge in [-0.05, 0) is 0 Å². The van der Waals surface area contributed by atoms with E-state index in [1.807, 2.05) is 0 Å². The summed E-state index contributed by atoms with van der Waals surface area (Å²) in [6.07, 6.45) is 0. The van der Waals surface area contributed by atoms with Gasteiger partial charge in [0, 0.05) is 0 Å². The second-order valence-electron chi connectivity index (χ2n) is 1.44. The Hall–Kier alpha value is 0.943. The zero-order valence-corrected chi connectivity index (χ0v) is 14.1. The third-order valence-electron chi connectivity index (χ3n) is 0. The maximum atomic E-state index is 8.93. The molecule has 0 aromatic rings. The minimum Gasteiger partial charge on any atom is -0.855 e. The largest absolute Gasteiger partial charge is 3.00 e. The van der Waals surface area contributed by atoms with Crippen LogP contribution in [-0.4, -0.2) is 33.0 Å². The molecule has 0 heterocycles. The van der Waals surface area contributed by atoms with Gasteiger partial charge >= 0.3 is 36.5 Å².